The van der Waals surface area contributed by atoms with E-state index in [-0.39, 0.29) is 31.9 Å². The van der Waals surface area contributed by atoms with Gasteiger partial charge in [-0.1, -0.05) is 30.3 Å². The highest BCUT2D eigenvalue weighted by molar-refractivity contribution is 5.96. The second kappa shape index (κ2) is 14.5. The van der Waals surface area contributed by atoms with Crippen LogP contribution in [0.3, 0.4) is 0 Å². The number of aliphatic carboxylic acids is 1. The van der Waals surface area contributed by atoms with Gasteiger partial charge >= 0.3 is 5.97 Å². The predicted molar refractivity (Wildman–Crippen MR) is 138 cm³/mol. The lowest BCUT2D eigenvalue weighted by molar-refractivity contribution is -0.149. The van der Waals surface area contributed by atoms with Crippen LogP contribution in [-0.2, 0) is 30.4 Å². The smallest absolute Gasteiger partial charge is 0.326 e. The zero-order valence-electron chi connectivity index (χ0n) is 21.0. The number of nitrogens with two attached hydrogens (primary N) is 4. The molecule has 1 aliphatic rings. The first-order valence-electron chi connectivity index (χ1n) is 12.3. The zero-order valence-corrected chi connectivity index (χ0v) is 21.0. The first kappa shape index (κ1) is 30.0. The van der Waals surface area contributed by atoms with Gasteiger partial charge in [0.1, 0.15) is 18.1 Å². The van der Waals surface area contributed by atoms with Gasteiger partial charge in [-0.05, 0) is 31.2 Å². The van der Waals surface area contributed by atoms with Crippen molar-refractivity contribution in [3.8, 4) is 0 Å². The molecule has 2 rings (SSSR count). The van der Waals surface area contributed by atoms with Crippen LogP contribution in [0.25, 0.3) is 0 Å². The molecule has 38 heavy (non-hydrogen) atoms. The molecule has 14 heteroatoms. The normalized spacial score (nSPS) is 17.1. The second-order valence-electron chi connectivity index (χ2n) is 9.07. The molecule has 0 radical (unpaired) electrons. The van der Waals surface area contributed by atoms with Gasteiger partial charge < -0.3 is 43.6 Å². The fraction of sp³-hybridized carbons (Fsp3) is 0.500. The molecule has 0 saturated carbocycles. The Labute approximate surface area is 220 Å². The monoisotopic (exact) mass is 532 g/mol. The van der Waals surface area contributed by atoms with Crippen molar-refractivity contribution in [1.29, 1.82) is 0 Å². The SMILES string of the molecule is NC(=O)CC(NC(=O)C(N)CCCN=C(N)N)C(=O)NC(Cc1ccccc1)C(=O)N1CCCC1C(=O)O. The van der Waals surface area contributed by atoms with Crippen molar-refractivity contribution in [2.45, 2.75) is 62.7 Å². The highest BCUT2D eigenvalue weighted by Gasteiger charge is 2.38. The van der Waals surface area contributed by atoms with Crippen LogP contribution in [-0.4, -0.2) is 82.8 Å². The van der Waals surface area contributed by atoms with Gasteiger partial charge in [0.25, 0.3) is 0 Å². The number of carboxylic acids is 1. The number of nitrogens with zero attached hydrogens (tertiary/aromatic N) is 2. The Bertz CT molecular complexity index is 1030. The van der Waals surface area contributed by atoms with E-state index in [0.29, 0.717) is 19.3 Å². The third kappa shape index (κ3) is 9.35. The first-order chi connectivity index (χ1) is 18.0. The first-order valence-corrected chi connectivity index (χ1v) is 12.3. The summed E-state index contributed by atoms with van der Waals surface area (Å²) in [6, 6.07) is 4.27. The topological polar surface area (TPSA) is 249 Å². The Morgan fingerprint density at radius 2 is 1.68 bits per heavy atom. The van der Waals surface area contributed by atoms with Gasteiger partial charge in [-0.25, -0.2) is 4.79 Å². The Hall–Kier alpha value is -4.20. The summed E-state index contributed by atoms with van der Waals surface area (Å²) in [5.41, 5.74) is 22.4. The quantitative estimate of drug-likeness (QED) is 0.0760. The van der Waals surface area contributed by atoms with Crippen molar-refractivity contribution in [1.82, 2.24) is 15.5 Å². The minimum absolute atomic E-state index is 0.0653. The third-order valence-corrected chi connectivity index (χ3v) is 6.06. The minimum atomic E-state index is -1.40. The number of primary amides is 1. The number of carbonyl (C=O) groups is 5. The molecule has 4 amide bonds. The number of amides is 4. The molecule has 4 atom stereocenters. The summed E-state index contributed by atoms with van der Waals surface area (Å²) in [6.07, 6.45) is 0.939. The summed E-state index contributed by atoms with van der Waals surface area (Å²) in [6.45, 7) is 0.485. The number of likely N-dealkylation sites (tertiary alicyclic amines) is 1. The van der Waals surface area contributed by atoms with Gasteiger partial charge in [0.05, 0.1) is 12.5 Å². The van der Waals surface area contributed by atoms with Crippen molar-refractivity contribution < 1.29 is 29.1 Å². The molecule has 208 valence electrons. The average molecular weight is 533 g/mol. The van der Waals surface area contributed by atoms with Crippen LogP contribution >= 0.6 is 0 Å². The molecule has 1 fully saturated rings. The third-order valence-electron chi connectivity index (χ3n) is 6.06. The van der Waals surface area contributed by atoms with Gasteiger partial charge in [-0.15, -0.1) is 0 Å². The average Bonchev–Trinajstić information content (AvgIpc) is 3.36. The van der Waals surface area contributed by atoms with E-state index in [1.807, 2.05) is 0 Å². The summed E-state index contributed by atoms with van der Waals surface area (Å²) >= 11 is 0. The van der Waals surface area contributed by atoms with Crippen LogP contribution in [0.2, 0.25) is 0 Å². The van der Waals surface area contributed by atoms with Crippen LogP contribution < -0.4 is 33.6 Å². The van der Waals surface area contributed by atoms with E-state index >= 15 is 0 Å². The van der Waals surface area contributed by atoms with E-state index < -0.39 is 60.2 Å². The highest BCUT2D eigenvalue weighted by Crippen LogP contribution is 2.20. The lowest BCUT2D eigenvalue weighted by Crippen LogP contribution is -2.58. The number of benzene rings is 1. The van der Waals surface area contributed by atoms with Gasteiger partial charge in [-0.2, -0.15) is 0 Å². The zero-order chi connectivity index (χ0) is 28.2. The lowest BCUT2D eigenvalue weighted by atomic mass is 10.0. The summed E-state index contributed by atoms with van der Waals surface area (Å²) in [5, 5.41) is 14.5. The fourth-order valence-corrected chi connectivity index (χ4v) is 4.15. The minimum Gasteiger partial charge on any atom is -0.480 e. The van der Waals surface area contributed by atoms with Crippen LogP contribution in [0, 0.1) is 0 Å². The van der Waals surface area contributed by atoms with Gasteiger partial charge in [0, 0.05) is 19.5 Å². The number of hydrogen-bond acceptors (Lipinski definition) is 7. The molecule has 14 nitrogen and oxygen atoms in total. The standard InChI is InChI=1S/C24H36N8O6/c25-15(8-4-10-29-24(27)28)20(34)30-16(13-19(26)33)21(35)31-17(12-14-6-2-1-3-7-14)22(36)32-11-5-9-18(32)23(37)38/h1-3,6-7,15-18H,4-5,8-13,25H2,(H2,26,33)(H,30,34)(H,31,35)(H,37,38)(H4,27,28,29). The molecule has 1 heterocycles. The molecule has 1 saturated heterocycles. The summed E-state index contributed by atoms with van der Waals surface area (Å²) in [7, 11) is 0. The van der Waals surface area contributed by atoms with E-state index in [2.05, 4.69) is 15.6 Å². The highest BCUT2D eigenvalue weighted by atomic mass is 16.4. The number of nitrogens with one attached hydrogen (secondary N) is 2. The number of rotatable bonds is 14. The van der Waals surface area contributed by atoms with E-state index in [1.165, 1.54) is 4.90 Å². The molecule has 1 aromatic carbocycles. The molecule has 1 aromatic rings. The van der Waals surface area contributed by atoms with Crippen LogP contribution in [0.15, 0.2) is 35.3 Å². The lowest BCUT2D eigenvalue weighted by Gasteiger charge is -2.29. The van der Waals surface area contributed by atoms with Crippen molar-refractivity contribution >= 4 is 35.6 Å². The predicted octanol–water partition coefficient (Wildman–Crippen LogP) is -2.47. The fourth-order valence-electron chi connectivity index (χ4n) is 4.15. The van der Waals surface area contributed by atoms with Crippen molar-refractivity contribution in [2.75, 3.05) is 13.1 Å². The van der Waals surface area contributed by atoms with Gasteiger partial charge in [-0.3, -0.25) is 24.2 Å². The van der Waals surface area contributed by atoms with Crippen LogP contribution in [0.1, 0.15) is 37.7 Å². The Kier molecular flexibility index (Phi) is 11.5. The molecular weight excluding hydrogens is 496 g/mol. The molecule has 0 spiro atoms. The number of aliphatic imine (C=N–C) groups is 1. The Morgan fingerprint density at radius 3 is 2.29 bits per heavy atom. The summed E-state index contributed by atoms with van der Waals surface area (Å²) < 4.78 is 0. The Balaban J connectivity index is 2.17. The van der Waals surface area contributed by atoms with Gasteiger partial charge in [0.15, 0.2) is 5.96 Å². The molecule has 0 bridgehead atoms. The molecule has 0 aliphatic carbocycles. The van der Waals surface area contributed by atoms with Gasteiger partial charge in [0.2, 0.25) is 23.6 Å². The summed E-state index contributed by atoms with van der Waals surface area (Å²) in [5.74, 6) is -4.19. The molecule has 4 unspecified atom stereocenters. The number of carboxylic acid groups (broad SMARTS) is 1. The van der Waals surface area contributed by atoms with Crippen molar-refractivity contribution in [2.24, 2.45) is 27.9 Å². The van der Waals surface area contributed by atoms with Crippen LogP contribution in [0.4, 0.5) is 0 Å². The van der Waals surface area contributed by atoms with E-state index in [4.69, 9.17) is 22.9 Å². The Morgan fingerprint density at radius 1 is 1.03 bits per heavy atom. The molecule has 1 aliphatic heterocycles. The van der Waals surface area contributed by atoms with E-state index in [0.717, 1.165) is 5.56 Å². The van der Waals surface area contributed by atoms with Crippen LogP contribution in [0.5, 0.6) is 0 Å². The number of carbonyl (C=O) groups excluding carboxylic acids is 4. The number of guanidine groups is 1. The van der Waals surface area contributed by atoms with Crippen molar-refractivity contribution in [3.05, 3.63) is 35.9 Å². The summed E-state index contributed by atoms with van der Waals surface area (Å²) in [4.78, 5) is 67.5. The van der Waals surface area contributed by atoms with Crippen molar-refractivity contribution in [3.63, 3.8) is 0 Å². The van der Waals surface area contributed by atoms with E-state index in [9.17, 15) is 29.1 Å². The van der Waals surface area contributed by atoms with E-state index in [1.54, 1.807) is 30.3 Å². The second-order valence-corrected chi connectivity index (χ2v) is 9.07. The largest absolute Gasteiger partial charge is 0.480 e. The molecule has 11 N–H and O–H groups in total. The molecule has 0 aromatic heterocycles. The molecular formula is C24H36N8O6. The maximum absolute atomic E-state index is 13.4. The number of hydrogen-bond donors (Lipinski definition) is 7. The maximum Gasteiger partial charge on any atom is 0.326 e. The maximum atomic E-state index is 13.4.